The molecule has 0 aliphatic carbocycles. The molecule has 0 spiro atoms. The van der Waals surface area contributed by atoms with Crippen molar-refractivity contribution in [3.05, 3.63) is 53.5 Å². The molecule has 3 aromatic heterocycles. The quantitative estimate of drug-likeness (QED) is 0.686. The SMILES string of the molecule is Cn1cc(C(=O)N2CCc3c(c(COc4cnccn4)nn3C)C2)cn1. The summed E-state index contributed by atoms with van der Waals surface area (Å²) >= 11 is 0. The number of ether oxygens (including phenoxy) is 1. The molecule has 3 aromatic rings. The van der Waals surface area contributed by atoms with Gasteiger partial charge in [0.15, 0.2) is 0 Å². The molecule has 1 aliphatic rings. The normalized spacial score (nSPS) is 13.5. The van der Waals surface area contributed by atoms with Gasteiger partial charge in [0, 0.05) is 63.5 Å². The van der Waals surface area contributed by atoms with Crippen LogP contribution in [0, 0.1) is 0 Å². The Morgan fingerprint density at radius 3 is 2.88 bits per heavy atom. The lowest BCUT2D eigenvalue weighted by Crippen LogP contribution is -2.36. The molecule has 0 fully saturated rings. The largest absolute Gasteiger partial charge is 0.470 e. The molecule has 0 N–H and O–H groups in total. The highest BCUT2D eigenvalue weighted by Crippen LogP contribution is 2.24. The number of fused-ring (bicyclic) bond motifs is 1. The summed E-state index contributed by atoms with van der Waals surface area (Å²) in [5, 5.41) is 8.65. The number of carbonyl (C=O) groups is 1. The molecule has 1 amide bonds. The van der Waals surface area contributed by atoms with Gasteiger partial charge in [0.05, 0.1) is 18.0 Å². The fourth-order valence-corrected chi connectivity index (χ4v) is 3.18. The molecule has 0 aromatic carbocycles. The third-order valence-corrected chi connectivity index (χ3v) is 4.46. The summed E-state index contributed by atoms with van der Waals surface area (Å²) in [6, 6.07) is 0. The van der Waals surface area contributed by atoms with Gasteiger partial charge in [-0.3, -0.25) is 19.1 Å². The van der Waals surface area contributed by atoms with Crippen LogP contribution >= 0.6 is 0 Å². The van der Waals surface area contributed by atoms with Gasteiger partial charge in [-0.1, -0.05) is 0 Å². The number of aryl methyl sites for hydroxylation is 2. The Kier molecular flexibility index (Phi) is 4.11. The molecule has 0 unspecified atom stereocenters. The van der Waals surface area contributed by atoms with Gasteiger partial charge in [-0.25, -0.2) is 4.98 Å². The minimum atomic E-state index is -0.0200. The van der Waals surface area contributed by atoms with Gasteiger partial charge in [0.2, 0.25) is 5.88 Å². The number of hydrogen-bond donors (Lipinski definition) is 0. The standard InChI is InChI=1S/C17H19N7O2/c1-22-9-12(7-20-22)17(25)24-6-3-15-13(10-24)14(21-23(15)2)11-26-16-8-18-4-5-19-16/h4-5,7-9H,3,6,10-11H2,1-2H3. The van der Waals surface area contributed by atoms with Crippen LogP contribution in [0.15, 0.2) is 31.0 Å². The van der Waals surface area contributed by atoms with Crippen LogP contribution in [-0.2, 0) is 33.7 Å². The van der Waals surface area contributed by atoms with Crippen molar-refractivity contribution in [1.29, 1.82) is 0 Å². The molecule has 0 saturated carbocycles. The van der Waals surface area contributed by atoms with Crippen molar-refractivity contribution < 1.29 is 9.53 Å². The summed E-state index contributed by atoms with van der Waals surface area (Å²) in [6.45, 7) is 1.46. The van der Waals surface area contributed by atoms with E-state index in [9.17, 15) is 4.79 Å². The van der Waals surface area contributed by atoms with Crippen LogP contribution in [-0.4, -0.2) is 46.9 Å². The number of rotatable bonds is 4. The smallest absolute Gasteiger partial charge is 0.257 e. The van der Waals surface area contributed by atoms with Crippen LogP contribution in [0.3, 0.4) is 0 Å². The molecule has 134 valence electrons. The maximum absolute atomic E-state index is 12.7. The van der Waals surface area contributed by atoms with Crippen molar-refractivity contribution in [2.24, 2.45) is 14.1 Å². The fraction of sp³-hybridized carbons (Fsp3) is 0.353. The molecule has 9 nitrogen and oxygen atoms in total. The zero-order chi connectivity index (χ0) is 18.1. The van der Waals surface area contributed by atoms with Crippen molar-refractivity contribution >= 4 is 5.91 Å². The Morgan fingerprint density at radius 2 is 2.15 bits per heavy atom. The second-order valence-corrected chi connectivity index (χ2v) is 6.21. The average molecular weight is 353 g/mol. The van der Waals surface area contributed by atoms with Crippen molar-refractivity contribution in [2.45, 2.75) is 19.6 Å². The first kappa shape index (κ1) is 16.2. The van der Waals surface area contributed by atoms with Crippen LogP contribution in [0.5, 0.6) is 5.88 Å². The van der Waals surface area contributed by atoms with Gasteiger partial charge >= 0.3 is 0 Å². The van der Waals surface area contributed by atoms with Gasteiger partial charge in [-0.15, -0.1) is 0 Å². The number of carbonyl (C=O) groups excluding carboxylic acids is 1. The molecule has 0 saturated heterocycles. The highest BCUT2D eigenvalue weighted by molar-refractivity contribution is 5.93. The van der Waals surface area contributed by atoms with E-state index in [-0.39, 0.29) is 12.5 Å². The lowest BCUT2D eigenvalue weighted by Gasteiger charge is -2.27. The molecule has 4 heterocycles. The minimum Gasteiger partial charge on any atom is -0.470 e. The molecule has 0 atom stereocenters. The highest BCUT2D eigenvalue weighted by Gasteiger charge is 2.28. The van der Waals surface area contributed by atoms with Gasteiger partial charge in [-0.05, 0) is 0 Å². The van der Waals surface area contributed by atoms with Crippen LogP contribution < -0.4 is 4.74 Å². The van der Waals surface area contributed by atoms with E-state index >= 15 is 0 Å². The lowest BCUT2D eigenvalue weighted by atomic mass is 10.0. The molecular formula is C17H19N7O2. The molecule has 9 heteroatoms. The highest BCUT2D eigenvalue weighted by atomic mass is 16.5. The zero-order valence-electron chi connectivity index (χ0n) is 14.7. The summed E-state index contributed by atoms with van der Waals surface area (Å²) in [6.07, 6.45) is 8.83. The second-order valence-electron chi connectivity index (χ2n) is 6.21. The average Bonchev–Trinajstić information content (AvgIpc) is 3.23. The van der Waals surface area contributed by atoms with Crippen LogP contribution in [0.2, 0.25) is 0 Å². The first-order chi connectivity index (χ1) is 12.6. The van der Waals surface area contributed by atoms with E-state index < -0.39 is 0 Å². The topological polar surface area (TPSA) is 91.0 Å². The Balaban J connectivity index is 1.53. The Morgan fingerprint density at radius 1 is 1.27 bits per heavy atom. The fourth-order valence-electron chi connectivity index (χ4n) is 3.18. The molecule has 1 aliphatic heterocycles. The van der Waals surface area contributed by atoms with E-state index in [0.717, 1.165) is 23.4 Å². The number of aromatic nitrogens is 6. The Labute approximate surface area is 150 Å². The van der Waals surface area contributed by atoms with Gasteiger partial charge in [-0.2, -0.15) is 10.2 Å². The summed E-state index contributed by atoms with van der Waals surface area (Å²) in [5.74, 6) is 0.430. The minimum absolute atomic E-state index is 0.0200. The Hall–Kier alpha value is -3.23. The predicted octanol–water partition coefficient (Wildman–Crippen LogP) is 0.721. The first-order valence-corrected chi connectivity index (χ1v) is 8.32. The van der Waals surface area contributed by atoms with Gasteiger partial charge in [0.25, 0.3) is 5.91 Å². The monoisotopic (exact) mass is 353 g/mol. The van der Waals surface area contributed by atoms with Crippen LogP contribution in [0.4, 0.5) is 0 Å². The van der Waals surface area contributed by atoms with E-state index in [1.54, 1.807) is 42.7 Å². The molecule has 0 radical (unpaired) electrons. The zero-order valence-corrected chi connectivity index (χ0v) is 14.7. The number of hydrogen-bond acceptors (Lipinski definition) is 6. The van der Waals surface area contributed by atoms with Gasteiger partial charge < -0.3 is 9.64 Å². The lowest BCUT2D eigenvalue weighted by molar-refractivity contribution is 0.0732. The summed E-state index contributed by atoms with van der Waals surface area (Å²) in [5.41, 5.74) is 3.59. The summed E-state index contributed by atoms with van der Waals surface area (Å²) in [7, 11) is 3.72. The second kappa shape index (κ2) is 6.58. The van der Waals surface area contributed by atoms with E-state index in [4.69, 9.17) is 4.74 Å². The molecule has 4 rings (SSSR count). The van der Waals surface area contributed by atoms with E-state index in [1.165, 1.54) is 0 Å². The summed E-state index contributed by atoms with van der Waals surface area (Å²) < 4.78 is 9.19. The third-order valence-electron chi connectivity index (χ3n) is 4.46. The number of amides is 1. The molecule has 0 bridgehead atoms. The van der Waals surface area contributed by atoms with E-state index in [0.29, 0.717) is 24.5 Å². The third kappa shape index (κ3) is 3.03. The Bertz CT molecular complexity index is 932. The van der Waals surface area contributed by atoms with E-state index in [1.807, 2.05) is 16.6 Å². The van der Waals surface area contributed by atoms with Crippen molar-refractivity contribution in [3.8, 4) is 5.88 Å². The molecule has 26 heavy (non-hydrogen) atoms. The predicted molar refractivity (Wildman–Crippen MR) is 91.2 cm³/mol. The maximum atomic E-state index is 12.7. The van der Waals surface area contributed by atoms with Crippen LogP contribution in [0.25, 0.3) is 0 Å². The number of nitrogens with zero attached hydrogens (tertiary/aromatic N) is 7. The van der Waals surface area contributed by atoms with Gasteiger partial charge in [0.1, 0.15) is 12.3 Å². The maximum Gasteiger partial charge on any atom is 0.257 e. The van der Waals surface area contributed by atoms with Crippen molar-refractivity contribution in [2.75, 3.05) is 6.54 Å². The summed E-state index contributed by atoms with van der Waals surface area (Å²) in [4.78, 5) is 22.6. The first-order valence-electron chi connectivity index (χ1n) is 8.32. The van der Waals surface area contributed by atoms with Crippen molar-refractivity contribution in [1.82, 2.24) is 34.4 Å². The van der Waals surface area contributed by atoms with Crippen molar-refractivity contribution in [3.63, 3.8) is 0 Å². The van der Waals surface area contributed by atoms with E-state index in [2.05, 4.69) is 20.2 Å². The van der Waals surface area contributed by atoms with Crippen LogP contribution in [0.1, 0.15) is 27.3 Å². The molecular weight excluding hydrogens is 334 g/mol.